The minimum absolute atomic E-state index is 0.0208. The van der Waals surface area contributed by atoms with Crippen molar-refractivity contribution in [3.05, 3.63) is 167 Å². The topological polar surface area (TPSA) is 171 Å². The Balaban J connectivity index is 1.16. The zero-order valence-electron chi connectivity index (χ0n) is 38.3. The number of methoxy groups -OCH3 is 4. The molecular formula is C51H44ClF3N10O5. The van der Waals surface area contributed by atoms with E-state index < -0.39 is 23.2 Å². The van der Waals surface area contributed by atoms with Gasteiger partial charge in [0.2, 0.25) is 0 Å². The number of aryl methyl sites for hydroxylation is 1. The van der Waals surface area contributed by atoms with E-state index >= 15 is 0 Å². The van der Waals surface area contributed by atoms with Crippen LogP contribution in [-0.4, -0.2) is 64.3 Å². The molecule has 356 valence electrons. The molecule has 0 saturated heterocycles. The van der Waals surface area contributed by atoms with Gasteiger partial charge in [-0.15, -0.1) is 0 Å². The molecule has 4 aromatic heterocycles. The number of hydrogen-bond acceptors (Lipinski definition) is 14. The summed E-state index contributed by atoms with van der Waals surface area (Å²) >= 11 is 6.54. The Labute approximate surface area is 405 Å². The molecule has 4 heterocycles. The van der Waals surface area contributed by atoms with Crippen molar-refractivity contribution in [2.75, 3.05) is 49.3 Å². The minimum atomic E-state index is -4.79. The summed E-state index contributed by atoms with van der Waals surface area (Å²) in [4.78, 5) is 42.8. The molecule has 0 unspecified atom stereocenters. The molecule has 0 aliphatic heterocycles. The van der Waals surface area contributed by atoms with E-state index in [4.69, 9.17) is 40.5 Å². The second kappa shape index (κ2) is 21.2. The predicted molar refractivity (Wildman–Crippen MR) is 262 cm³/mol. The van der Waals surface area contributed by atoms with Crippen molar-refractivity contribution in [3.8, 4) is 45.5 Å². The third kappa shape index (κ3) is 10.6. The van der Waals surface area contributed by atoms with Crippen molar-refractivity contribution in [3.63, 3.8) is 0 Å². The molecule has 0 fully saturated rings. The molecule has 8 aromatic rings. The lowest BCUT2D eigenvalue weighted by molar-refractivity contribution is -0.137. The normalized spacial score (nSPS) is 11.1. The Morgan fingerprint density at radius 2 is 1.43 bits per heavy atom. The first-order chi connectivity index (χ1) is 33.9. The van der Waals surface area contributed by atoms with Crippen LogP contribution in [0.3, 0.4) is 0 Å². The molecule has 15 nitrogen and oxygen atoms in total. The first kappa shape index (κ1) is 48.0. The van der Waals surface area contributed by atoms with Gasteiger partial charge in [0.25, 0.3) is 5.91 Å². The molecule has 0 atom stereocenters. The number of rotatable bonds is 17. The van der Waals surface area contributed by atoms with E-state index in [0.29, 0.717) is 75.0 Å². The van der Waals surface area contributed by atoms with Crippen molar-refractivity contribution in [2.24, 2.45) is 0 Å². The van der Waals surface area contributed by atoms with Crippen molar-refractivity contribution in [1.82, 2.24) is 29.9 Å². The van der Waals surface area contributed by atoms with Gasteiger partial charge in [-0.2, -0.15) is 13.2 Å². The van der Waals surface area contributed by atoms with E-state index in [1.807, 2.05) is 66.4 Å². The van der Waals surface area contributed by atoms with E-state index in [1.165, 1.54) is 39.0 Å². The van der Waals surface area contributed by atoms with Crippen LogP contribution in [0.15, 0.2) is 134 Å². The highest BCUT2D eigenvalue weighted by atomic mass is 35.5. The molecule has 3 N–H and O–H groups in total. The Bertz CT molecular complexity index is 3180. The van der Waals surface area contributed by atoms with Gasteiger partial charge >= 0.3 is 6.18 Å². The number of ether oxygens (including phenoxy) is 4. The number of carbonyl (C=O) groups excluding carboxylic acids is 1. The highest BCUT2D eigenvalue weighted by Gasteiger charge is 2.35. The minimum Gasteiger partial charge on any atom is -0.497 e. The lowest BCUT2D eigenvalue weighted by Crippen LogP contribution is -2.21. The van der Waals surface area contributed by atoms with E-state index in [-0.39, 0.29) is 28.9 Å². The third-order valence-corrected chi connectivity index (χ3v) is 11.4. The van der Waals surface area contributed by atoms with Crippen LogP contribution in [0.1, 0.15) is 32.6 Å². The highest BCUT2D eigenvalue weighted by molar-refractivity contribution is 6.32. The lowest BCUT2D eigenvalue weighted by atomic mass is 10.1. The van der Waals surface area contributed by atoms with Gasteiger partial charge in [0.15, 0.2) is 5.75 Å². The molecule has 70 heavy (non-hydrogen) atoms. The van der Waals surface area contributed by atoms with E-state index in [0.717, 1.165) is 23.3 Å². The standard InChI is InChI=1S/C51H44ClF3N10O5/c1-30-14-17-33(22-39(30)63-49-37(12-9-21-57-49)40-24-44(61-28-59-40)58-26-31-15-18-34(67-2)23-43(31)69-4)65(45-25-41(60-29-62-45)36-11-8-20-56-48(36)52)27-32-16-19-42(68-3)46(47(32)70-5)64-50(66)35-10-6-7-13-38(35)51(53,54)55/h6-25,28-29H,26-27H2,1-5H3,(H,57,63)(H,64,66)(H,58,59,61). The Morgan fingerprint density at radius 3 is 2.17 bits per heavy atom. The maximum Gasteiger partial charge on any atom is 0.417 e. The Kier molecular flexibility index (Phi) is 14.5. The molecule has 0 saturated carbocycles. The molecular weight excluding hydrogens is 925 g/mol. The van der Waals surface area contributed by atoms with Gasteiger partial charge in [0, 0.05) is 70.8 Å². The average molecular weight is 969 g/mol. The average Bonchev–Trinajstić information content (AvgIpc) is 3.38. The second-order valence-electron chi connectivity index (χ2n) is 15.4. The number of hydrogen-bond donors (Lipinski definition) is 3. The number of nitrogens with one attached hydrogen (secondary N) is 3. The molecule has 19 heteroatoms. The largest absolute Gasteiger partial charge is 0.497 e. The van der Waals surface area contributed by atoms with E-state index in [9.17, 15) is 18.0 Å². The van der Waals surface area contributed by atoms with Gasteiger partial charge in [0.05, 0.1) is 57.5 Å². The monoisotopic (exact) mass is 968 g/mol. The van der Waals surface area contributed by atoms with Crippen LogP contribution in [0, 0.1) is 6.92 Å². The summed E-state index contributed by atoms with van der Waals surface area (Å²) in [6, 6.07) is 30.1. The summed E-state index contributed by atoms with van der Waals surface area (Å²) in [5, 5.41) is 9.75. The lowest BCUT2D eigenvalue weighted by Gasteiger charge is -2.27. The van der Waals surface area contributed by atoms with Crippen LogP contribution in [0.5, 0.6) is 23.0 Å². The number of pyridine rings is 2. The summed E-state index contributed by atoms with van der Waals surface area (Å²) in [5.74, 6) is 2.13. The van der Waals surface area contributed by atoms with E-state index in [2.05, 4.69) is 35.9 Å². The smallest absolute Gasteiger partial charge is 0.417 e. The summed E-state index contributed by atoms with van der Waals surface area (Å²) in [6.45, 7) is 2.41. The molecule has 8 rings (SSSR count). The van der Waals surface area contributed by atoms with Gasteiger partial charge in [0.1, 0.15) is 58.2 Å². The van der Waals surface area contributed by atoms with Crippen molar-refractivity contribution < 1.29 is 36.9 Å². The van der Waals surface area contributed by atoms with Crippen LogP contribution in [-0.2, 0) is 19.3 Å². The number of alkyl halides is 3. The first-order valence-electron chi connectivity index (χ1n) is 21.4. The summed E-state index contributed by atoms with van der Waals surface area (Å²) in [6.07, 6.45) is 1.34. The van der Waals surface area contributed by atoms with Gasteiger partial charge in [-0.1, -0.05) is 29.8 Å². The Hall–Kier alpha value is -8.51. The molecule has 0 aliphatic rings. The van der Waals surface area contributed by atoms with Gasteiger partial charge in [-0.25, -0.2) is 29.9 Å². The molecule has 0 aliphatic carbocycles. The molecule has 0 bridgehead atoms. The van der Waals surface area contributed by atoms with Gasteiger partial charge in [-0.05, 0) is 85.3 Å². The number of nitrogens with zero attached hydrogens (tertiary/aromatic N) is 7. The number of carbonyl (C=O) groups is 1. The first-order valence-corrected chi connectivity index (χ1v) is 21.8. The van der Waals surface area contributed by atoms with Crippen LogP contribution in [0.25, 0.3) is 22.5 Å². The fourth-order valence-electron chi connectivity index (χ4n) is 7.59. The highest BCUT2D eigenvalue weighted by Crippen LogP contribution is 2.42. The SMILES string of the molecule is COc1ccc(CNc2cc(-c3cccnc3Nc3cc(N(Cc4ccc(OC)c(NC(=O)c5ccccc5C(F)(F)F)c4OC)c4cc(-c5cccnc5Cl)ncn4)ccc3C)ncn2)c(OC)c1. The summed E-state index contributed by atoms with van der Waals surface area (Å²) < 4.78 is 64.6. The van der Waals surface area contributed by atoms with Crippen molar-refractivity contribution >= 4 is 52.0 Å². The zero-order valence-corrected chi connectivity index (χ0v) is 39.1. The molecule has 4 aromatic carbocycles. The van der Waals surface area contributed by atoms with Crippen LogP contribution in [0.4, 0.5) is 47.7 Å². The summed E-state index contributed by atoms with van der Waals surface area (Å²) in [7, 11) is 5.97. The van der Waals surface area contributed by atoms with Gasteiger partial charge in [-0.3, -0.25) is 4.79 Å². The maximum atomic E-state index is 14.0. The number of halogens is 4. The second-order valence-corrected chi connectivity index (χ2v) is 15.7. The van der Waals surface area contributed by atoms with Crippen molar-refractivity contribution in [1.29, 1.82) is 0 Å². The molecule has 0 radical (unpaired) electrons. The number of benzene rings is 4. The molecule has 1 amide bonds. The fourth-order valence-corrected chi connectivity index (χ4v) is 7.81. The number of aromatic nitrogens is 6. The quantitative estimate of drug-likeness (QED) is 0.0736. The maximum absolute atomic E-state index is 14.0. The third-order valence-electron chi connectivity index (χ3n) is 11.1. The zero-order chi connectivity index (χ0) is 49.4. The van der Waals surface area contributed by atoms with E-state index in [1.54, 1.807) is 56.9 Å². The van der Waals surface area contributed by atoms with Crippen molar-refractivity contribution in [2.45, 2.75) is 26.2 Å². The molecule has 0 spiro atoms. The van der Waals surface area contributed by atoms with Gasteiger partial charge < -0.3 is 39.8 Å². The fraction of sp³-hybridized carbons (Fsp3) is 0.157. The number of amides is 1. The Morgan fingerprint density at radius 1 is 0.700 bits per heavy atom. The van der Waals surface area contributed by atoms with Crippen LogP contribution >= 0.6 is 11.6 Å². The predicted octanol–water partition coefficient (Wildman–Crippen LogP) is 11.4. The summed E-state index contributed by atoms with van der Waals surface area (Å²) in [5.41, 5.74) is 4.29. The number of anilines is 6. The van der Waals surface area contributed by atoms with Crippen LogP contribution in [0.2, 0.25) is 5.15 Å². The van der Waals surface area contributed by atoms with Crippen LogP contribution < -0.4 is 39.8 Å².